The third-order valence-corrected chi connectivity index (χ3v) is 4.16. The summed E-state index contributed by atoms with van der Waals surface area (Å²) in [6.07, 6.45) is 0.807. The number of nitrogens with one attached hydrogen (secondary N) is 1. The maximum Gasteiger partial charge on any atom is 0.251 e. The minimum absolute atomic E-state index is 0.0688. The van der Waals surface area contributed by atoms with E-state index in [0.717, 1.165) is 10.9 Å². The van der Waals surface area contributed by atoms with Gasteiger partial charge in [-0.3, -0.25) is 4.79 Å². The Morgan fingerprint density at radius 1 is 1.25 bits per heavy atom. The summed E-state index contributed by atoms with van der Waals surface area (Å²) < 4.78 is 0.725. The smallest absolute Gasteiger partial charge is 0.251 e. The molecule has 0 bridgehead atoms. The van der Waals surface area contributed by atoms with Crippen LogP contribution in [0.1, 0.15) is 22.8 Å². The molecule has 2 nitrogen and oxygen atoms in total. The summed E-state index contributed by atoms with van der Waals surface area (Å²) in [5.74, 6) is -0.0919. The molecule has 0 aliphatic rings. The number of carbonyl (C=O) groups excluding carboxylic acids is 1. The zero-order valence-corrected chi connectivity index (χ0v) is 13.4. The highest BCUT2D eigenvalue weighted by Crippen LogP contribution is 2.23. The molecule has 0 aromatic heterocycles. The summed E-state index contributed by atoms with van der Waals surface area (Å²) in [4.78, 5) is 12.1. The molecule has 0 fully saturated rings. The Bertz CT molecular complexity index is 601. The summed E-state index contributed by atoms with van der Waals surface area (Å²) in [5.41, 5.74) is 1.80. The van der Waals surface area contributed by atoms with E-state index in [9.17, 15) is 4.79 Å². The highest BCUT2D eigenvalue weighted by Gasteiger charge is 2.11. The molecule has 2 aromatic rings. The maximum atomic E-state index is 12.1. The van der Waals surface area contributed by atoms with Crippen molar-refractivity contribution in [1.82, 2.24) is 5.32 Å². The number of benzene rings is 2. The topological polar surface area (TPSA) is 29.1 Å². The van der Waals surface area contributed by atoms with Crippen LogP contribution in [0.3, 0.4) is 0 Å². The number of rotatable bonds is 4. The van der Waals surface area contributed by atoms with Gasteiger partial charge in [0.2, 0.25) is 0 Å². The zero-order chi connectivity index (χ0) is 14.5. The summed E-state index contributed by atoms with van der Waals surface area (Å²) in [6, 6.07) is 15.3. The van der Waals surface area contributed by atoms with Crippen molar-refractivity contribution in [2.75, 3.05) is 0 Å². The molecule has 1 atom stereocenters. The van der Waals surface area contributed by atoms with Gasteiger partial charge in [-0.05, 0) is 53.0 Å². The minimum Gasteiger partial charge on any atom is -0.349 e. The average Bonchev–Trinajstić information content (AvgIpc) is 2.42. The highest BCUT2D eigenvalue weighted by molar-refractivity contribution is 9.10. The van der Waals surface area contributed by atoms with Crippen molar-refractivity contribution < 1.29 is 4.79 Å². The fourth-order valence-corrected chi connectivity index (χ4v) is 2.46. The lowest BCUT2D eigenvalue weighted by molar-refractivity contribution is 0.0940. The van der Waals surface area contributed by atoms with Crippen LogP contribution in [0.25, 0.3) is 0 Å². The van der Waals surface area contributed by atoms with Crippen molar-refractivity contribution in [2.45, 2.75) is 19.4 Å². The monoisotopic (exact) mass is 351 g/mol. The second-order valence-corrected chi connectivity index (χ2v) is 5.95. The third-order valence-electron chi connectivity index (χ3n) is 2.94. The van der Waals surface area contributed by atoms with Crippen molar-refractivity contribution in [2.24, 2.45) is 0 Å². The Morgan fingerprint density at radius 3 is 2.60 bits per heavy atom. The molecule has 0 saturated carbocycles. The molecule has 1 N–H and O–H groups in total. The van der Waals surface area contributed by atoms with Gasteiger partial charge in [-0.25, -0.2) is 0 Å². The van der Waals surface area contributed by atoms with Gasteiger partial charge in [0, 0.05) is 16.1 Å². The first-order valence-corrected chi connectivity index (χ1v) is 7.53. The van der Waals surface area contributed by atoms with E-state index < -0.39 is 0 Å². The van der Waals surface area contributed by atoms with Crippen molar-refractivity contribution in [1.29, 1.82) is 0 Å². The summed E-state index contributed by atoms with van der Waals surface area (Å²) in [7, 11) is 0. The van der Waals surface area contributed by atoms with Crippen molar-refractivity contribution in [3.63, 3.8) is 0 Å². The SMILES string of the molecule is CC(Cc1ccccc1)NC(=O)c1ccc(Cl)c(Br)c1. The van der Waals surface area contributed by atoms with E-state index in [2.05, 4.69) is 33.4 Å². The molecular formula is C16H15BrClNO. The van der Waals surface area contributed by atoms with Gasteiger partial charge in [-0.1, -0.05) is 41.9 Å². The van der Waals surface area contributed by atoms with Gasteiger partial charge in [0.25, 0.3) is 5.91 Å². The predicted molar refractivity (Wildman–Crippen MR) is 86.2 cm³/mol. The van der Waals surface area contributed by atoms with Crippen LogP contribution in [0.4, 0.5) is 0 Å². The number of carbonyl (C=O) groups is 1. The van der Waals surface area contributed by atoms with Crippen LogP contribution in [0.2, 0.25) is 5.02 Å². The number of halogens is 2. The van der Waals surface area contributed by atoms with Gasteiger partial charge in [-0.15, -0.1) is 0 Å². The van der Waals surface area contributed by atoms with E-state index in [1.807, 2.05) is 25.1 Å². The first-order valence-electron chi connectivity index (χ1n) is 6.36. The lowest BCUT2D eigenvalue weighted by Gasteiger charge is -2.14. The first kappa shape index (κ1) is 15.1. The van der Waals surface area contributed by atoms with Crippen LogP contribution in [-0.4, -0.2) is 11.9 Å². The minimum atomic E-state index is -0.0919. The Morgan fingerprint density at radius 2 is 1.95 bits per heavy atom. The van der Waals surface area contributed by atoms with Gasteiger partial charge in [0.15, 0.2) is 0 Å². The highest BCUT2D eigenvalue weighted by atomic mass is 79.9. The molecule has 2 aromatic carbocycles. The molecule has 0 heterocycles. The van der Waals surface area contributed by atoms with Crippen LogP contribution >= 0.6 is 27.5 Å². The van der Waals surface area contributed by atoms with E-state index in [4.69, 9.17) is 11.6 Å². The van der Waals surface area contributed by atoms with Crippen LogP contribution in [0.5, 0.6) is 0 Å². The average molecular weight is 353 g/mol. The Labute approximate surface area is 132 Å². The van der Waals surface area contributed by atoms with Crippen LogP contribution < -0.4 is 5.32 Å². The lowest BCUT2D eigenvalue weighted by atomic mass is 10.1. The molecule has 2 rings (SSSR count). The Kier molecular flexibility index (Phi) is 5.21. The quantitative estimate of drug-likeness (QED) is 0.864. The maximum absolute atomic E-state index is 12.1. The van der Waals surface area contributed by atoms with Crippen molar-refractivity contribution in [3.05, 3.63) is 69.2 Å². The zero-order valence-electron chi connectivity index (χ0n) is 11.1. The predicted octanol–water partition coefficient (Wildman–Crippen LogP) is 4.46. The number of hydrogen-bond acceptors (Lipinski definition) is 1. The van der Waals surface area contributed by atoms with Crippen LogP contribution in [0.15, 0.2) is 53.0 Å². The molecule has 0 radical (unpaired) electrons. The Hall–Kier alpha value is -1.32. The van der Waals surface area contributed by atoms with Crippen LogP contribution in [-0.2, 0) is 6.42 Å². The van der Waals surface area contributed by atoms with Gasteiger partial charge >= 0.3 is 0 Å². The lowest BCUT2D eigenvalue weighted by Crippen LogP contribution is -2.34. The molecule has 0 saturated heterocycles. The standard InChI is InChI=1S/C16H15BrClNO/c1-11(9-12-5-3-2-4-6-12)19-16(20)13-7-8-15(18)14(17)10-13/h2-8,10-11H,9H2,1H3,(H,19,20). The molecule has 1 unspecified atom stereocenters. The molecule has 1 amide bonds. The summed E-state index contributed by atoms with van der Waals surface area (Å²) in [6.45, 7) is 2.00. The van der Waals surface area contributed by atoms with Gasteiger partial charge in [-0.2, -0.15) is 0 Å². The first-order chi connectivity index (χ1) is 9.56. The molecule has 0 aliphatic heterocycles. The van der Waals surface area contributed by atoms with Crippen LogP contribution in [0, 0.1) is 0 Å². The third kappa shape index (κ3) is 4.09. The van der Waals surface area contributed by atoms with E-state index in [0.29, 0.717) is 10.6 Å². The summed E-state index contributed by atoms with van der Waals surface area (Å²) >= 11 is 9.24. The molecule has 0 spiro atoms. The molecule has 4 heteroatoms. The van der Waals surface area contributed by atoms with Crippen molar-refractivity contribution >= 4 is 33.4 Å². The van der Waals surface area contributed by atoms with Gasteiger partial charge in [0.05, 0.1) is 5.02 Å². The van der Waals surface area contributed by atoms with E-state index >= 15 is 0 Å². The van der Waals surface area contributed by atoms with E-state index in [1.165, 1.54) is 5.56 Å². The largest absolute Gasteiger partial charge is 0.349 e. The normalized spacial score (nSPS) is 11.9. The van der Waals surface area contributed by atoms with E-state index in [-0.39, 0.29) is 11.9 Å². The molecular weight excluding hydrogens is 338 g/mol. The summed E-state index contributed by atoms with van der Waals surface area (Å²) in [5, 5.41) is 3.58. The van der Waals surface area contributed by atoms with E-state index in [1.54, 1.807) is 18.2 Å². The Balaban J connectivity index is 1.98. The van der Waals surface area contributed by atoms with Crippen molar-refractivity contribution in [3.8, 4) is 0 Å². The number of amides is 1. The second kappa shape index (κ2) is 6.91. The van der Waals surface area contributed by atoms with Gasteiger partial charge in [0.1, 0.15) is 0 Å². The molecule has 0 aliphatic carbocycles. The molecule has 104 valence electrons. The fourth-order valence-electron chi connectivity index (χ4n) is 1.96. The number of hydrogen-bond donors (Lipinski definition) is 1. The fraction of sp³-hybridized carbons (Fsp3) is 0.188. The molecule has 20 heavy (non-hydrogen) atoms. The van der Waals surface area contributed by atoms with Gasteiger partial charge < -0.3 is 5.32 Å². The second-order valence-electron chi connectivity index (χ2n) is 4.69.